The van der Waals surface area contributed by atoms with Crippen LogP contribution in [-0.2, 0) is 31.3 Å². The second kappa shape index (κ2) is 13.7. The van der Waals surface area contributed by atoms with Gasteiger partial charge in [-0.2, -0.15) is 4.31 Å². The van der Waals surface area contributed by atoms with Gasteiger partial charge in [0.2, 0.25) is 32.7 Å². The van der Waals surface area contributed by atoms with E-state index in [9.17, 15) is 26.7 Å². The minimum Gasteiger partial charge on any atom is -0.454 e. The highest BCUT2D eigenvalue weighted by Gasteiger charge is 2.47. The number of hydrogen-bond donors (Lipinski definition) is 2. The van der Waals surface area contributed by atoms with Crippen molar-refractivity contribution in [2.24, 2.45) is 11.8 Å². The number of ether oxygens (including phenoxy) is 2. The fourth-order valence-electron chi connectivity index (χ4n) is 5.46. The fourth-order valence-corrected chi connectivity index (χ4v) is 9.06. The maximum atomic E-state index is 13.8. The zero-order valence-electron chi connectivity index (χ0n) is 26.1. The summed E-state index contributed by atoms with van der Waals surface area (Å²) in [7, 11) is -7.86. The number of nitrogens with one attached hydrogen (secondary N) is 1. The molecule has 1 amide bonds. The number of aliphatic hydroxyl groups is 1. The summed E-state index contributed by atoms with van der Waals surface area (Å²) in [6.07, 6.45) is 0.457. The van der Waals surface area contributed by atoms with Gasteiger partial charge < -0.3 is 19.9 Å². The zero-order chi connectivity index (χ0) is 32.3. The number of carbonyl (C=O) groups excluding carboxylic acids is 1. The van der Waals surface area contributed by atoms with Gasteiger partial charge in [0.1, 0.15) is 0 Å². The molecular formula is C31H45N3O8S2. The Kier molecular flexibility index (Phi) is 10.7. The summed E-state index contributed by atoms with van der Waals surface area (Å²) < 4.78 is 66.6. The highest BCUT2D eigenvalue weighted by Crippen LogP contribution is 2.35. The lowest BCUT2D eigenvalue weighted by molar-refractivity contribution is -0.127. The van der Waals surface area contributed by atoms with Crippen molar-refractivity contribution in [1.29, 1.82) is 0 Å². The van der Waals surface area contributed by atoms with E-state index in [-0.39, 0.29) is 37.1 Å². The summed E-state index contributed by atoms with van der Waals surface area (Å²) in [5.41, 5.74) is 0.822. The predicted molar refractivity (Wildman–Crippen MR) is 167 cm³/mol. The number of benzene rings is 2. The lowest BCUT2D eigenvalue weighted by atomic mass is 9.94. The van der Waals surface area contributed by atoms with Gasteiger partial charge in [-0.25, -0.2) is 21.1 Å². The molecule has 0 spiro atoms. The molecule has 0 aromatic heterocycles. The third-order valence-corrected chi connectivity index (χ3v) is 13.1. The molecule has 2 heterocycles. The Morgan fingerprint density at radius 3 is 2.25 bits per heavy atom. The average Bonchev–Trinajstić information content (AvgIpc) is 3.69. The summed E-state index contributed by atoms with van der Waals surface area (Å²) in [6, 6.07) is 12.7. The number of nitrogens with zero attached hydrogens (tertiary/aromatic N) is 2. The summed E-state index contributed by atoms with van der Waals surface area (Å²) in [5.74, 6) is -0.779. The van der Waals surface area contributed by atoms with Crippen molar-refractivity contribution < 1.29 is 36.2 Å². The van der Waals surface area contributed by atoms with Crippen LogP contribution >= 0.6 is 0 Å². The highest BCUT2D eigenvalue weighted by atomic mass is 32.2. The lowest BCUT2D eigenvalue weighted by Gasteiger charge is -2.36. The SMILES string of the molecule is CC(C)CN(C[C@@H](O)[C@H](Cc1ccccc1)NC(=O)[C@H](C)C(C)(C)S(=O)(=O)N1CCCC1)S(=O)(=O)c1ccc2c(c1)OCO2. The zero-order valence-corrected chi connectivity index (χ0v) is 27.7. The van der Waals surface area contributed by atoms with Crippen LogP contribution in [0.3, 0.4) is 0 Å². The Hall–Kier alpha value is -2.71. The van der Waals surface area contributed by atoms with Gasteiger partial charge in [0.15, 0.2) is 11.5 Å². The monoisotopic (exact) mass is 651 g/mol. The molecule has 0 saturated carbocycles. The van der Waals surface area contributed by atoms with Gasteiger partial charge in [-0.05, 0) is 56.7 Å². The summed E-state index contributed by atoms with van der Waals surface area (Å²) in [5, 5.41) is 14.5. The van der Waals surface area contributed by atoms with Gasteiger partial charge in [0, 0.05) is 32.2 Å². The molecule has 0 aliphatic carbocycles. The molecule has 3 atom stereocenters. The molecule has 0 unspecified atom stereocenters. The summed E-state index contributed by atoms with van der Waals surface area (Å²) in [6.45, 7) is 9.12. The van der Waals surface area contributed by atoms with E-state index in [2.05, 4.69) is 5.32 Å². The van der Waals surface area contributed by atoms with Crippen LogP contribution in [0.1, 0.15) is 53.0 Å². The molecule has 0 radical (unpaired) electrons. The Morgan fingerprint density at radius 1 is 0.977 bits per heavy atom. The van der Waals surface area contributed by atoms with Crippen molar-refractivity contribution >= 4 is 26.0 Å². The van der Waals surface area contributed by atoms with Crippen molar-refractivity contribution in [2.45, 2.75) is 75.7 Å². The molecule has 13 heteroatoms. The number of rotatable bonds is 14. The molecule has 0 bridgehead atoms. The maximum absolute atomic E-state index is 13.8. The van der Waals surface area contributed by atoms with Gasteiger partial charge >= 0.3 is 0 Å². The van der Waals surface area contributed by atoms with Crippen LogP contribution < -0.4 is 14.8 Å². The third kappa shape index (κ3) is 7.39. The summed E-state index contributed by atoms with van der Waals surface area (Å²) >= 11 is 0. The van der Waals surface area contributed by atoms with Gasteiger partial charge in [-0.15, -0.1) is 0 Å². The first-order valence-electron chi connectivity index (χ1n) is 15.1. The molecule has 2 N–H and O–H groups in total. The van der Waals surface area contributed by atoms with Crippen LogP contribution in [0, 0.1) is 11.8 Å². The number of amides is 1. The van der Waals surface area contributed by atoms with E-state index in [1.165, 1.54) is 26.8 Å². The number of carbonyl (C=O) groups is 1. The second-order valence-electron chi connectivity index (χ2n) is 12.5. The van der Waals surface area contributed by atoms with Gasteiger partial charge in [-0.1, -0.05) is 51.1 Å². The van der Waals surface area contributed by atoms with Crippen molar-refractivity contribution in [3.63, 3.8) is 0 Å². The lowest BCUT2D eigenvalue weighted by Crippen LogP contribution is -2.56. The Balaban J connectivity index is 1.59. The maximum Gasteiger partial charge on any atom is 0.243 e. The van der Waals surface area contributed by atoms with E-state index in [0.717, 1.165) is 18.4 Å². The van der Waals surface area contributed by atoms with E-state index in [1.807, 2.05) is 44.2 Å². The Labute approximate surface area is 261 Å². The largest absolute Gasteiger partial charge is 0.454 e. The Bertz CT molecular complexity index is 1510. The quantitative estimate of drug-likeness (QED) is 0.318. The molecule has 2 aliphatic heterocycles. The van der Waals surface area contributed by atoms with Crippen LogP contribution in [0.25, 0.3) is 0 Å². The predicted octanol–water partition coefficient (Wildman–Crippen LogP) is 2.99. The molecule has 2 aliphatic rings. The van der Waals surface area contributed by atoms with E-state index >= 15 is 0 Å². The number of sulfonamides is 2. The normalized spacial score (nSPS) is 18.0. The minimum absolute atomic E-state index is 0.000682. The van der Waals surface area contributed by atoms with Crippen LogP contribution in [0.2, 0.25) is 0 Å². The van der Waals surface area contributed by atoms with Gasteiger partial charge in [0.05, 0.1) is 27.7 Å². The van der Waals surface area contributed by atoms with Crippen molar-refractivity contribution in [3.05, 3.63) is 54.1 Å². The third-order valence-electron chi connectivity index (χ3n) is 8.54. The van der Waals surface area contributed by atoms with E-state index in [4.69, 9.17) is 9.47 Å². The molecule has 2 aromatic carbocycles. The molecule has 2 aromatic rings. The summed E-state index contributed by atoms with van der Waals surface area (Å²) in [4.78, 5) is 13.7. The van der Waals surface area contributed by atoms with Crippen molar-refractivity contribution in [3.8, 4) is 11.5 Å². The first-order valence-corrected chi connectivity index (χ1v) is 17.9. The molecule has 11 nitrogen and oxygen atoms in total. The number of aliphatic hydroxyl groups excluding tert-OH is 1. The topological polar surface area (TPSA) is 143 Å². The average molecular weight is 652 g/mol. The van der Waals surface area contributed by atoms with E-state index in [1.54, 1.807) is 20.8 Å². The molecule has 4 rings (SSSR count). The fraction of sp³-hybridized carbons (Fsp3) is 0.581. The standard InChI is InChI=1S/C31H45N3O8S2/c1-22(2)19-34(43(37,38)25-13-14-28-29(18-25)42-21-41-28)20-27(35)26(17-24-11-7-6-8-12-24)32-30(36)23(3)31(4,5)44(39,40)33-15-9-10-16-33/h6-8,11-14,18,22-23,26-27,35H,9-10,15-17,19-21H2,1-5H3,(H,32,36)/t23-,26-,27+/m0/s1. The number of hydrogen-bond acceptors (Lipinski definition) is 8. The van der Waals surface area contributed by atoms with Gasteiger partial charge in [-0.3, -0.25) is 4.79 Å². The van der Waals surface area contributed by atoms with Crippen LogP contribution in [-0.4, -0.2) is 86.3 Å². The molecule has 1 fully saturated rings. The first-order chi connectivity index (χ1) is 20.6. The van der Waals surface area contributed by atoms with Crippen molar-refractivity contribution in [1.82, 2.24) is 13.9 Å². The van der Waals surface area contributed by atoms with Crippen LogP contribution in [0.5, 0.6) is 11.5 Å². The molecule has 1 saturated heterocycles. The second-order valence-corrected chi connectivity index (χ2v) is 17.0. The Morgan fingerprint density at radius 2 is 1.61 bits per heavy atom. The van der Waals surface area contributed by atoms with Crippen LogP contribution in [0.4, 0.5) is 0 Å². The van der Waals surface area contributed by atoms with E-state index < -0.39 is 48.8 Å². The minimum atomic E-state index is -4.08. The van der Waals surface area contributed by atoms with Crippen LogP contribution in [0.15, 0.2) is 53.4 Å². The molecular weight excluding hydrogens is 606 g/mol. The molecule has 244 valence electrons. The first kappa shape index (κ1) is 34.2. The van der Waals surface area contributed by atoms with Gasteiger partial charge in [0.25, 0.3) is 0 Å². The highest BCUT2D eigenvalue weighted by molar-refractivity contribution is 7.90. The smallest absolute Gasteiger partial charge is 0.243 e. The van der Waals surface area contributed by atoms with E-state index in [0.29, 0.717) is 24.6 Å². The number of fused-ring (bicyclic) bond motifs is 1. The molecule has 44 heavy (non-hydrogen) atoms. The van der Waals surface area contributed by atoms with Crippen molar-refractivity contribution in [2.75, 3.05) is 33.0 Å².